The number of nitrogens with one attached hydrogen (secondary N) is 2. The van der Waals surface area contributed by atoms with E-state index in [2.05, 4.69) is 86.9 Å². The maximum Gasteiger partial charge on any atom is 0.252 e. The van der Waals surface area contributed by atoms with Gasteiger partial charge in [0.25, 0.3) is 5.91 Å². The lowest BCUT2D eigenvalue weighted by Gasteiger charge is -2.41. The van der Waals surface area contributed by atoms with E-state index in [1.807, 2.05) is 0 Å². The maximum absolute atomic E-state index is 14.3. The minimum Gasteiger partial charge on any atom is -0.492 e. The smallest absolute Gasteiger partial charge is 0.252 e. The molecule has 2 fully saturated rings. The van der Waals surface area contributed by atoms with Crippen LogP contribution in [-0.4, -0.2) is 48.6 Å². The lowest BCUT2D eigenvalue weighted by molar-refractivity contribution is -0.128. The summed E-state index contributed by atoms with van der Waals surface area (Å²) in [6.45, 7) is 4.97. The van der Waals surface area contributed by atoms with Crippen LogP contribution in [-0.2, 0) is 17.8 Å². The molecule has 0 radical (unpaired) electrons. The summed E-state index contributed by atoms with van der Waals surface area (Å²) in [5.41, 5.74) is 6.92. The summed E-state index contributed by atoms with van der Waals surface area (Å²) < 4.78 is 20.1. The van der Waals surface area contributed by atoms with E-state index in [9.17, 15) is 9.18 Å². The molecule has 5 nitrogen and oxygen atoms in total. The van der Waals surface area contributed by atoms with Gasteiger partial charge in [-0.25, -0.2) is 4.39 Å². The molecule has 6 rings (SSSR count). The molecule has 2 atom stereocenters. The number of fused-ring (bicyclic) bond motifs is 2. The number of carbonyl (C=O) groups is 1. The van der Waals surface area contributed by atoms with Gasteiger partial charge in [0.15, 0.2) is 0 Å². The van der Waals surface area contributed by atoms with Crippen LogP contribution in [0.15, 0.2) is 76.8 Å². The van der Waals surface area contributed by atoms with Crippen molar-refractivity contribution in [1.82, 2.24) is 15.5 Å². The molecular formula is C34H37BrFN3O2. The topological polar surface area (TPSA) is 53.6 Å². The van der Waals surface area contributed by atoms with Crippen molar-refractivity contribution in [3.05, 3.63) is 105 Å². The summed E-state index contributed by atoms with van der Waals surface area (Å²) >= 11 is 3.41. The van der Waals surface area contributed by atoms with Crippen molar-refractivity contribution in [1.29, 1.82) is 0 Å². The van der Waals surface area contributed by atoms with Crippen LogP contribution in [0.1, 0.15) is 47.9 Å². The van der Waals surface area contributed by atoms with E-state index >= 15 is 0 Å². The highest BCUT2D eigenvalue weighted by Gasteiger charge is 2.41. The van der Waals surface area contributed by atoms with Gasteiger partial charge in [0.05, 0.1) is 17.1 Å². The van der Waals surface area contributed by atoms with Crippen molar-refractivity contribution < 1.29 is 13.9 Å². The number of hydrogen-bond donors (Lipinski definition) is 2. The van der Waals surface area contributed by atoms with Crippen LogP contribution < -0.4 is 15.4 Å². The van der Waals surface area contributed by atoms with Crippen molar-refractivity contribution in [3.63, 3.8) is 0 Å². The summed E-state index contributed by atoms with van der Waals surface area (Å²) in [7, 11) is 0. The van der Waals surface area contributed by atoms with Crippen LogP contribution >= 0.6 is 15.9 Å². The number of benzene rings is 3. The quantitative estimate of drug-likeness (QED) is 0.267. The summed E-state index contributed by atoms with van der Waals surface area (Å²) in [6, 6.07) is 22.2. The molecule has 2 N–H and O–H groups in total. The summed E-state index contributed by atoms with van der Waals surface area (Å²) in [6.07, 6.45) is 4.68. The fraction of sp³-hybridized carbons (Fsp3) is 0.382. The molecule has 3 aliphatic rings. The van der Waals surface area contributed by atoms with E-state index in [0.717, 1.165) is 60.8 Å². The molecule has 1 aliphatic carbocycles. The highest BCUT2D eigenvalue weighted by atomic mass is 79.9. The number of halogens is 2. The second kappa shape index (κ2) is 12.5. The number of nitrogens with zero attached hydrogens (tertiary/aromatic N) is 1. The second-order valence-corrected chi connectivity index (χ2v) is 12.3. The van der Waals surface area contributed by atoms with Gasteiger partial charge >= 0.3 is 0 Å². The van der Waals surface area contributed by atoms with Crippen molar-refractivity contribution in [2.75, 3.05) is 19.7 Å². The molecule has 3 aromatic rings. The molecule has 2 bridgehead atoms. The Bertz CT molecular complexity index is 1440. The van der Waals surface area contributed by atoms with E-state index in [-0.39, 0.29) is 17.8 Å². The van der Waals surface area contributed by atoms with Crippen molar-refractivity contribution >= 4 is 27.4 Å². The average Bonchev–Trinajstić information content (AvgIpc) is 3.82. The Labute approximate surface area is 250 Å². The fourth-order valence-corrected chi connectivity index (χ4v) is 6.40. The zero-order chi connectivity index (χ0) is 28.3. The van der Waals surface area contributed by atoms with Crippen LogP contribution in [0.2, 0.25) is 0 Å². The van der Waals surface area contributed by atoms with Gasteiger partial charge in [0, 0.05) is 43.4 Å². The second-order valence-electron chi connectivity index (χ2n) is 11.5. The summed E-state index contributed by atoms with van der Waals surface area (Å²) in [5, 5.41) is 7.27. The minimum atomic E-state index is -0.306. The zero-order valence-corrected chi connectivity index (χ0v) is 25.1. The average molecular weight is 619 g/mol. The van der Waals surface area contributed by atoms with Crippen LogP contribution in [0.4, 0.5) is 4.39 Å². The highest BCUT2D eigenvalue weighted by Crippen LogP contribution is 2.36. The summed E-state index contributed by atoms with van der Waals surface area (Å²) in [5.74, 6) is 0.396. The lowest BCUT2D eigenvalue weighted by atomic mass is 9.83. The number of ether oxygens (including phenoxy) is 1. The van der Waals surface area contributed by atoms with Gasteiger partial charge in [-0.2, -0.15) is 0 Å². The Balaban J connectivity index is 1.19. The molecule has 2 aliphatic heterocycles. The highest BCUT2D eigenvalue weighted by molar-refractivity contribution is 9.10. The van der Waals surface area contributed by atoms with E-state index in [1.165, 1.54) is 34.4 Å². The van der Waals surface area contributed by atoms with Gasteiger partial charge in [-0.3, -0.25) is 4.79 Å². The molecule has 1 amide bonds. The van der Waals surface area contributed by atoms with E-state index in [0.29, 0.717) is 31.0 Å². The molecule has 0 unspecified atom stereocenters. The molecular weight excluding hydrogens is 581 g/mol. The molecule has 7 heteroatoms. The van der Waals surface area contributed by atoms with Gasteiger partial charge in [-0.1, -0.05) is 48.5 Å². The molecule has 1 saturated carbocycles. The van der Waals surface area contributed by atoms with Crippen LogP contribution in [0.25, 0.3) is 5.57 Å². The largest absolute Gasteiger partial charge is 0.492 e. The first-order chi connectivity index (χ1) is 20.0. The van der Waals surface area contributed by atoms with Crippen molar-refractivity contribution in [2.24, 2.45) is 0 Å². The molecule has 0 aromatic heterocycles. The first kappa shape index (κ1) is 28.1. The van der Waals surface area contributed by atoms with E-state index < -0.39 is 0 Å². The number of piperazine rings is 1. The third-order valence-electron chi connectivity index (χ3n) is 8.44. The van der Waals surface area contributed by atoms with Crippen LogP contribution in [0.5, 0.6) is 5.75 Å². The Morgan fingerprint density at radius 2 is 1.88 bits per heavy atom. The van der Waals surface area contributed by atoms with Gasteiger partial charge in [-0.15, -0.1) is 0 Å². The number of aryl methyl sites for hydroxylation is 2. The minimum absolute atomic E-state index is 0.0158. The first-order valence-corrected chi connectivity index (χ1v) is 15.5. The third kappa shape index (κ3) is 6.58. The van der Waals surface area contributed by atoms with Gasteiger partial charge < -0.3 is 20.3 Å². The standard InChI is InChI=1S/C34H37BrFN3O2/c1-22-5-2-3-7-25(22)21-39(28-13-14-28)34(40)33-29(18-27-19-37-20-31(33)38-27)24-10-8-23(9-11-24)6-4-16-41-32-17-26(36)12-15-30(32)35/h2-3,5,7-12,15,17,27-28,31,37-38H,4,6,13-14,16,18-21H2,1H3/t27-,31-/m1/s1. The monoisotopic (exact) mass is 617 g/mol. The predicted molar refractivity (Wildman–Crippen MR) is 164 cm³/mol. The number of rotatable bonds is 10. The molecule has 3 aromatic carbocycles. The Morgan fingerprint density at radius 1 is 1.07 bits per heavy atom. The van der Waals surface area contributed by atoms with Gasteiger partial charge in [0.2, 0.25) is 0 Å². The molecule has 2 heterocycles. The Morgan fingerprint density at radius 3 is 2.66 bits per heavy atom. The fourth-order valence-electron chi connectivity index (χ4n) is 6.04. The molecule has 214 valence electrons. The van der Waals surface area contributed by atoms with Crippen molar-refractivity contribution in [3.8, 4) is 5.75 Å². The zero-order valence-electron chi connectivity index (χ0n) is 23.5. The molecule has 41 heavy (non-hydrogen) atoms. The SMILES string of the molecule is Cc1ccccc1CN(C(=O)C1=C(c2ccc(CCCOc3cc(F)ccc3Br)cc2)C[C@@H]2CNC[C@H]1N2)C1CC1. The van der Waals surface area contributed by atoms with E-state index in [4.69, 9.17) is 4.74 Å². The normalized spacial score (nSPS) is 20.2. The number of carbonyl (C=O) groups excluding carboxylic acids is 1. The van der Waals surface area contributed by atoms with E-state index in [1.54, 1.807) is 6.07 Å². The Hall–Kier alpha value is -3.00. The number of hydrogen-bond acceptors (Lipinski definition) is 4. The number of amides is 1. The first-order valence-electron chi connectivity index (χ1n) is 14.7. The Kier molecular flexibility index (Phi) is 8.56. The maximum atomic E-state index is 14.3. The molecule has 0 spiro atoms. The third-order valence-corrected chi connectivity index (χ3v) is 9.10. The van der Waals surface area contributed by atoms with Crippen LogP contribution in [0, 0.1) is 12.7 Å². The van der Waals surface area contributed by atoms with Gasteiger partial charge in [0.1, 0.15) is 11.6 Å². The molecule has 1 saturated heterocycles. The van der Waals surface area contributed by atoms with Crippen molar-refractivity contribution in [2.45, 2.75) is 63.7 Å². The van der Waals surface area contributed by atoms with Gasteiger partial charge in [-0.05, 0) is 94.9 Å². The predicted octanol–water partition coefficient (Wildman–Crippen LogP) is 6.19. The summed E-state index contributed by atoms with van der Waals surface area (Å²) in [4.78, 5) is 16.5. The van der Waals surface area contributed by atoms with Crippen LogP contribution in [0.3, 0.4) is 0 Å². The lowest BCUT2D eigenvalue weighted by Crippen LogP contribution is -2.60.